The summed E-state index contributed by atoms with van der Waals surface area (Å²) in [5.41, 5.74) is 5.34. The molecule has 9 aromatic carbocycles. The van der Waals surface area contributed by atoms with Crippen molar-refractivity contribution in [3.63, 3.8) is 0 Å². The van der Waals surface area contributed by atoms with Gasteiger partial charge in [0.05, 0.1) is 11.1 Å². The van der Waals surface area contributed by atoms with Crippen molar-refractivity contribution in [3.8, 4) is 0 Å². The molecule has 0 aliphatic rings. The van der Waals surface area contributed by atoms with Gasteiger partial charge in [-0.2, -0.15) is 26.3 Å². The molecule has 302 valence electrons. The van der Waals surface area contributed by atoms with Gasteiger partial charge in [0, 0.05) is 55.7 Å². The maximum absolute atomic E-state index is 13.5. The number of para-hydroxylation sites is 2. The fourth-order valence-electron chi connectivity index (χ4n) is 8.45. The van der Waals surface area contributed by atoms with E-state index in [9.17, 15) is 26.3 Å². The Bertz CT molecular complexity index is 3250. The quantitative estimate of drug-likeness (QED) is 0.156. The van der Waals surface area contributed by atoms with Crippen LogP contribution in [0.1, 0.15) is 11.1 Å². The standard InChI is InChI=1S/C52H30F6N2O2/c53-51(54,55)35-13-19-39(20-14-35)59(37-7-3-1-4-8-37)41-17-11-31-27-45-43-23-24-44-46-28-32-12-18-42(26-34(32)30-48(46)62-50(44)49(43)61-47(45)29-33(31)25-41)60(38-9-5-2-6-10-38)40-21-15-36(16-22-40)52(56,57)58/h1-30H. The molecule has 0 bridgehead atoms. The number of nitrogens with zero attached hydrogens (tertiary/aromatic N) is 2. The van der Waals surface area contributed by atoms with Gasteiger partial charge in [0.15, 0.2) is 11.2 Å². The Balaban J connectivity index is 1.000. The highest BCUT2D eigenvalue weighted by molar-refractivity contribution is 6.21. The lowest BCUT2D eigenvalue weighted by Gasteiger charge is -2.26. The van der Waals surface area contributed by atoms with Crippen LogP contribution in [-0.4, -0.2) is 0 Å². The van der Waals surface area contributed by atoms with Gasteiger partial charge < -0.3 is 18.6 Å². The Labute approximate surface area is 349 Å². The smallest absolute Gasteiger partial charge is 0.416 e. The molecule has 0 fully saturated rings. The number of fused-ring (bicyclic) bond motifs is 9. The topological polar surface area (TPSA) is 32.8 Å². The van der Waals surface area contributed by atoms with Crippen LogP contribution in [-0.2, 0) is 12.4 Å². The second-order valence-electron chi connectivity index (χ2n) is 15.2. The van der Waals surface area contributed by atoms with E-state index in [1.807, 2.05) is 131 Å². The van der Waals surface area contributed by atoms with Crippen molar-refractivity contribution in [1.82, 2.24) is 0 Å². The fourth-order valence-corrected chi connectivity index (χ4v) is 8.45. The molecule has 2 heterocycles. The molecule has 0 amide bonds. The fraction of sp³-hybridized carbons (Fsp3) is 0.0385. The number of hydrogen-bond donors (Lipinski definition) is 0. The Morgan fingerprint density at radius 3 is 1.03 bits per heavy atom. The first kappa shape index (κ1) is 37.3. The molecule has 2 aromatic heterocycles. The van der Waals surface area contributed by atoms with Gasteiger partial charge in [-0.1, -0.05) is 48.5 Å². The third kappa shape index (κ3) is 6.34. The van der Waals surface area contributed by atoms with E-state index in [-0.39, 0.29) is 0 Å². The van der Waals surface area contributed by atoms with E-state index < -0.39 is 23.5 Å². The third-order valence-electron chi connectivity index (χ3n) is 11.4. The second-order valence-corrected chi connectivity index (χ2v) is 15.2. The van der Waals surface area contributed by atoms with Crippen LogP contribution in [0.3, 0.4) is 0 Å². The van der Waals surface area contributed by atoms with E-state index in [4.69, 9.17) is 8.83 Å². The van der Waals surface area contributed by atoms with Gasteiger partial charge in [-0.25, -0.2) is 0 Å². The average Bonchev–Trinajstić information content (AvgIpc) is 3.83. The average molecular weight is 829 g/mol. The molecule has 0 spiro atoms. The van der Waals surface area contributed by atoms with Crippen molar-refractivity contribution in [2.45, 2.75) is 12.4 Å². The van der Waals surface area contributed by atoms with Crippen LogP contribution in [0, 0.1) is 0 Å². The highest BCUT2D eigenvalue weighted by atomic mass is 19.4. The van der Waals surface area contributed by atoms with E-state index in [0.29, 0.717) is 33.7 Å². The number of rotatable bonds is 6. The number of anilines is 6. The molecule has 0 radical (unpaired) electrons. The van der Waals surface area contributed by atoms with Gasteiger partial charge in [0.1, 0.15) is 11.2 Å². The molecule has 0 N–H and O–H groups in total. The zero-order chi connectivity index (χ0) is 42.3. The molecule has 11 rings (SSSR count). The summed E-state index contributed by atoms with van der Waals surface area (Å²) in [6.45, 7) is 0. The van der Waals surface area contributed by atoms with Gasteiger partial charge in [-0.15, -0.1) is 0 Å². The van der Waals surface area contributed by atoms with E-state index in [2.05, 4.69) is 12.1 Å². The van der Waals surface area contributed by atoms with Gasteiger partial charge in [0.2, 0.25) is 0 Å². The van der Waals surface area contributed by atoms with Gasteiger partial charge >= 0.3 is 12.4 Å². The molecule has 62 heavy (non-hydrogen) atoms. The first-order valence-electron chi connectivity index (χ1n) is 19.7. The highest BCUT2D eigenvalue weighted by Crippen LogP contribution is 2.44. The van der Waals surface area contributed by atoms with Crippen molar-refractivity contribution in [1.29, 1.82) is 0 Å². The minimum absolute atomic E-state index is 0.581. The summed E-state index contributed by atoms with van der Waals surface area (Å²) < 4.78 is 94.0. The molecule has 10 heteroatoms. The predicted molar refractivity (Wildman–Crippen MR) is 235 cm³/mol. The predicted octanol–water partition coefficient (Wildman–Crippen LogP) is 16.8. The third-order valence-corrected chi connectivity index (χ3v) is 11.4. The maximum atomic E-state index is 13.5. The minimum Gasteiger partial charge on any atom is -0.452 e. The normalized spacial score (nSPS) is 12.4. The number of furan rings is 2. The lowest BCUT2D eigenvalue weighted by molar-refractivity contribution is -0.138. The lowest BCUT2D eigenvalue weighted by Crippen LogP contribution is -2.11. The zero-order valence-corrected chi connectivity index (χ0v) is 32.3. The van der Waals surface area contributed by atoms with Crippen molar-refractivity contribution < 1.29 is 35.2 Å². The molecular weight excluding hydrogens is 799 g/mol. The van der Waals surface area contributed by atoms with Crippen LogP contribution in [0.15, 0.2) is 191 Å². The molecule has 0 saturated heterocycles. The number of alkyl halides is 6. The van der Waals surface area contributed by atoms with Crippen LogP contribution in [0.4, 0.5) is 60.5 Å². The highest BCUT2D eigenvalue weighted by Gasteiger charge is 2.31. The Hall–Kier alpha value is -7.72. The molecule has 0 saturated carbocycles. The van der Waals surface area contributed by atoms with Crippen LogP contribution < -0.4 is 9.80 Å². The Morgan fingerprint density at radius 1 is 0.306 bits per heavy atom. The van der Waals surface area contributed by atoms with Crippen LogP contribution in [0.5, 0.6) is 0 Å². The first-order chi connectivity index (χ1) is 30.0. The number of halogens is 6. The molecule has 11 aromatic rings. The Morgan fingerprint density at radius 2 is 0.661 bits per heavy atom. The molecule has 0 aliphatic heterocycles. The number of benzene rings is 9. The van der Waals surface area contributed by atoms with E-state index in [0.717, 1.165) is 90.1 Å². The molecule has 0 atom stereocenters. The maximum Gasteiger partial charge on any atom is 0.416 e. The van der Waals surface area contributed by atoms with Crippen LogP contribution in [0.2, 0.25) is 0 Å². The first-order valence-corrected chi connectivity index (χ1v) is 19.7. The van der Waals surface area contributed by atoms with Crippen LogP contribution in [0.25, 0.3) is 65.4 Å². The summed E-state index contributed by atoms with van der Waals surface area (Å²) in [6, 6.07) is 53.3. The van der Waals surface area contributed by atoms with Gasteiger partial charge in [-0.05, 0) is 155 Å². The monoisotopic (exact) mass is 828 g/mol. The van der Waals surface area contributed by atoms with Crippen molar-refractivity contribution in [3.05, 3.63) is 193 Å². The second kappa shape index (κ2) is 13.9. The molecule has 0 aliphatic carbocycles. The summed E-state index contributed by atoms with van der Waals surface area (Å²) in [4.78, 5) is 3.84. The van der Waals surface area contributed by atoms with E-state index in [1.165, 1.54) is 24.3 Å². The van der Waals surface area contributed by atoms with Crippen LogP contribution >= 0.6 is 0 Å². The zero-order valence-electron chi connectivity index (χ0n) is 32.3. The summed E-state index contributed by atoms with van der Waals surface area (Å²) in [5, 5.41) is 7.25. The summed E-state index contributed by atoms with van der Waals surface area (Å²) in [7, 11) is 0. The van der Waals surface area contributed by atoms with Crippen molar-refractivity contribution in [2.24, 2.45) is 0 Å². The van der Waals surface area contributed by atoms with Gasteiger partial charge in [0.25, 0.3) is 0 Å². The summed E-state index contributed by atoms with van der Waals surface area (Å²) >= 11 is 0. The molecule has 0 unspecified atom stereocenters. The molecule has 4 nitrogen and oxygen atoms in total. The lowest BCUT2D eigenvalue weighted by atomic mass is 10.0. The SMILES string of the molecule is FC(F)(F)c1ccc(N(c2ccccc2)c2ccc3cc4c(cc3c2)oc2c4ccc3c4cc5ccc(N(c6ccccc6)c6ccc(C(F)(F)F)cc6)cc5cc4oc32)cc1. The molecular formula is C52H30F6N2O2. The van der Waals surface area contributed by atoms with E-state index in [1.54, 1.807) is 0 Å². The largest absolute Gasteiger partial charge is 0.452 e. The van der Waals surface area contributed by atoms with Gasteiger partial charge in [-0.3, -0.25) is 0 Å². The summed E-state index contributed by atoms with van der Waals surface area (Å²) in [6.07, 6.45) is -8.89. The summed E-state index contributed by atoms with van der Waals surface area (Å²) in [5.74, 6) is 0. The Kier molecular flexibility index (Phi) is 8.37. The van der Waals surface area contributed by atoms with Crippen molar-refractivity contribution >= 4 is 99.5 Å². The van der Waals surface area contributed by atoms with Crippen molar-refractivity contribution in [2.75, 3.05) is 9.80 Å². The minimum atomic E-state index is -4.45. The van der Waals surface area contributed by atoms with E-state index >= 15 is 0 Å². The number of hydrogen-bond acceptors (Lipinski definition) is 4.